The summed E-state index contributed by atoms with van der Waals surface area (Å²) in [7, 11) is 0. The molecule has 3 rings (SSSR count). The molecule has 3 N–H and O–H groups in total. The summed E-state index contributed by atoms with van der Waals surface area (Å²) in [5, 5.41) is 14.0. The van der Waals surface area contributed by atoms with E-state index in [9.17, 15) is 24.3 Å². The first-order valence-electron chi connectivity index (χ1n) is 8.84. The lowest BCUT2D eigenvalue weighted by Crippen LogP contribution is -2.69. The minimum absolute atomic E-state index is 0.0687. The van der Waals surface area contributed by atoms with E-state index in [-0.39, 0.29) is 31.3 Å². The monoisotopic (exact) mass is 423 g/mol. The molecule has 29 heavy (non-hydrogen) atoms. The number of carbonyl (C=O) groups is 4. The number of rotatable bonds is 7. The zero-order chi connectivity index (χ0) is 21.3. The van der Waals surface area contributed by atoms with Gasteiger partial charge >= 0.3 is 5.97 Å². The summed E-state index contributed by atoms with van der Waals surface area (Å²) in [5.41, 5.74) is 6.07. The molecule has 0 radical (unpaired) electrons. The highest BCUT2D eigenvalue weighted by molar-refractivity contribution is 8.00. The number of hydrogen-bond donors (Lipinski definition) is 2. The molecule has 0 saturated carbocycles. The Hall–Kier alpha value is -2.86. The Morgan fingerprint density at radius 1 is 1.41 bits per heavy atom. The second kappa shape index (κ2) is 8.25. The molecule has 0 bridgehead atoms. The average Bonchev–Trinajstić information content (AvgIpc) is 3.01. The third-order valence-corrected chi connectivity index (χ3v) is 5.90. The molecule has 2 aliphatic rings. The lowest BCUT2D eigenvalue weighted by Gasteiger charge is -2.49. The smallest absolute Gasteiger partial charge is 0.302 e. The van der Waals surface area contributed by atoms with Gasteiger partial charge in [0.25, 0.3) is 0 Å². The fourth-order valence-corrected chi connectivity index (χ4v) is 4.58. The molecule has 12 heteroatoms. The number of carboxylic acid groups (broad SMARTS) is 1. The number of amides is 2. The van der Waals surface area contributed by atoms with Gasteiger partial charge in [-0.2, -0.15) is 0 Å². The van der Waals surface area contributed by atoms with Crippen LogP contribution in [0.3, 0.4) is 0 Å². The van der Waals surface area contributed by atoms with Crippen LogP contribution in [0.5, 0.6) is 0 Å². The maximum atomic E-state index is 12.1. The van der Waals surface area contributed by atoms with Crippen molar-refractivity contribution in [3.05, 3.63) is 23.5 Å². The van der Waals surface area contributed by atoms with Gasteiger partial charge in [-0.25, -0.2) is 0 Å². The van der Waals surface area contributed by atoms with E-state index in [0.29, 0.717) is 17.1 Å². The predicted molar refractivity (Wildman–Crippen MR) is 98.7 cm³/mol. The van der Waals surface area contributed by atoms with Crippen LogP contribution >= 0.6 is 11.8 Å². The maximum Gasteiger partial charge on any atom is 0.302 e. The van der Waals surface area contributed by atoms with E-state index in [1.54, 1.807) is 21.6 Å². The molecule has 1 fully saturated rings. The summed E-state index contributed by atoms with van der Waals surface area (Å²) in [4.78, 5) is 47.5. The van der Waals surface area contributed by atoms with E-state index in [2.05, 4.69) is 5.32 Å². The fraction of sp³-hybridized carbons (Fsp3) is 0.471. The molecule has 0 aliphatic carbocycles. The quantitative estimate of drug-likeness (QED) is 0.279. The van der Waals surface area contributed by atoms with Crippen molar-refractivity contribution in [2.45, 2.75) is 38.4 Å². The van der Waals surface area contributed by atoms with E-state index in [4.69, 9.17) is 10.5 Å². The van der Waals surface area contributed by atoms with Crippen LogP contribution in [0.25, 0.3) is 0 Å². The molecular weight excluding hydrogens is 402 g/mol. The number of aromatic nitrogens is 2. The number of anilines is 1. The predicted octanol–water partition coefficient (Wildman–Crippen LogP) is -2.46. The van der Waals surface area contributed by atoms with Crippen molar-refractivity contribution in [3.8, 4) is 0 Å². The van der Waals surface area contributed by atoms with Crippen LogP contribution in [0.4, 0.5) is 5.82 Å². The van der Waals surface area contributed by atoms with Gasteiger partial charge in [0.1, 0.15) is 24.6 Å². The van der Waals surface area contributed by atoms with Gasteiger partial charge in [-0.05, 0) is 0 Å². The van der Waals surface area contributed by atoms with E-state index in [1.165, 1.54) is 30.5 Å². The van der Waals surface area contributed by atoms with Crippen LogP contribution in [-0.2, 0) is 37.0 Å². The van der Waals surface area contributed by atoms with Gasteiger partial charge in [-0.3, -0.25) is 19.3 Å². The van der Waals surface area contributed by atoms with Crippen LogP contribution in [0.2, 0.25) is 0 Å². The van der Waals surface area contributed by atoms with Crippen molar-refractivity contribution >= 4 is 41.3 Å². The molecule has 0 spiro atoms. The van der Waals surface area contributed by atoms with Crippen LogP contribution in [-0.4, -0.2) is 57.1 Å². The topological polar surface area (TPSA) is 151 Å². The fourth-order valence-electron chi connectivity index (χ4n) is 3.30. The lowest BCUT2D eigenvalue weighted by molar-refractivity contribution is -0.767. The Bertz CT molecular complexity index is 910. The summed E-state index contributed by atoms with van der Waals surface area (Å²) < 4.78 is 8.31. The minimum Gasteiger partial charge on any atom is -0.543 e. The molecule has 0 aromatic carbocycles. The molecular formula is C17H21N5O6S. The van der Waals surface area contributed by atoms with Crippen molar-refractivity contribution in [2.24, 2.45) is 5.73 Å². The van der Waals surface area contributed by atoms with Gasteiger partial charge in [0.15, 0.2) is 18.6 Å². The summed E-state index contributed by atoms with van der Waals surface area (Å²) in [6, 6.07) is 0.931. The number of fused-ring (bicyclic) bond motifs is 1. The number of β-lactam (4-membered cyclic amide) rings is 1. The van der Waals surface area contributed by atoms with Crippen LogP contribution in [0, 0.1) is 0 Å². The number of esters is 1. The van der Waals surface area contributed by atoms with Crippen molar-refractivity contribution in [1.29, 1.82) is 0 Å². The van der Waals surface area contributed by atoms with Crippen molar-refractivity contribution in [3.63, 3.8) is 0 Å². The number of ether oxygens (including phenoxy) is 1. The highest BCUT2D eigenvalue weighted by Gasteiger charge is 2.50. The van der Waals surface area contributed by atoms with E-state index in [0.717, 1.165) is 0 Å². The van der Waals surface area contributed by atoms with Crippen molar-refractivity contribution in [2.75, 3.05) is 17.7 Å². The van der Waals surface area contributed by atoms with Gasteiger partial charge in [0.2, 0.25) is 11.8 Å². The van der Waals surface area contributed by atoms with Crippen LogP contribution < -0.4 is 20.8 Å². The molecule has 0 unspecified atom stereocenters. The first-order valence-corrected chi connectivity index (χ1v) is 9.89. The Morgan fingerprint density at radius 3 is 2.76 bits per heavy atom. The Balaban J connectivity index is 1.90. The number of aliphatic carboxylic acids is 1. The van der Waals surface area contributed by atoms with Crippen LogP contribution in [0.1, 0.15) is 13.8 Å². The van der Waals surface area contributed by atoms with Crippen molar-refractivity contribution < 1.29 is 33.7 Å². The number of nitrogens with one attached hydrogen (secondary N) is 1. The largest absolute Gasteiger partial charge is 0.543 e. The number of carboxylic acids is 1. The average molecular weight is 423 g/mol. The third kappa shape index (κ3) is 4.12. The minimum atomic E-state index is -1.44. The second-order valence-electron chi connectivity index (χ2n) is 6.62. The van der Waals surface area contributed by atoms with Gasteiger partial charge in [-0.15, -0.1) is 21.1 Å². The maximum absolute atomic E-state index is 12.1. The number of nitrogens with two attached hydrogens (primary N) is 1. The molecule has 1 saturated heterocycles. The Labute approximate surface area is 170 Å². The zero-order valence-electron chi connectivity index (χ0n) is 15.9. The lowest BCUT2D eigenvalue weighted by atomic mass is 10.0. The Morgan fingerprint density at radius 2 is 2.14 bits per heavy atom. The summed E-state index contributed by atoms with van der Waals surface area (Å²) in [6.45, 7) is 3.10. The molecule has 3 heterocycles. The van der Waals surface area contributed by atoms with Gasteiger partial charge < -0.3 is 25.7 Å². The van der Waals surface area contributed by atoms with Gasteiger partial charge in [-0.1, -0.05) is 0 Å². The third-order valence-electron chi connectivity index (χ3n) is 4.54. The summed E-state index contributed by atoms with van der Waals surface area (Å²) >= 11 is 1.39. The molecule has 156 valence electrons. The van der Waals surface area contributed by atoms with Crippen LogP contribution in [0.15, 0.2) is 23.5 Å². The second-order valence-corrected chi connectivity index (χ2v) is 7.72. The first-order chi connectivity index (χ1) is 13.7. The Kier molecular flexibility index (Phi) is 5.94. The number of hydrogen-bond acceptors (Lipinski definition) is 8. The van der Waals surface area contributed by atoms with E-state index in [1.807, 2.05) is 0 Å². The van der Waals surface area contributed by atoms with E-state index >= 15 is 0 Å². The van der Waals surface area contributed by atoms with Gasteiger partial charge in [0.05, 0.1) is 17.7 Å². The first kappa shape index (κ1) is 20.9. The molecule has 2 atom stereocenters. The summed E-state index contributed by atoms with van der Waals surface area (Å²) in [5.74, 6) is -1.78. The molecule has 11 nitrogen and oxygen atoms in total. The molecule has 1 aromatic rings. The number of carbonyl (C=O) groups excluding carboxylic acids is 4. The van der Waals surface area contributed by atoms with Gasteiger partial charge in [0, 0.05) is 25.2 Å². The standard InChI is InChI=1S/C17H21N5O6S/c1-9(23)19-12-3-4-20(21(12)5-6-28-10(2)24)7-11-8-29-16-13(18)15(25)22(16)14(11)17(26)27/h3-4,13,16H,5-8,18H2,1-2H3,(H,26,27)/t13-,16-/m1/s1. The molecule has 2 amide bonds. The SMILES string of the molecule is CC(=O)Nc1cc[n+](CC2=C(C(=O)[O-])N3C(=O)[C@@H](N)[C@H]3SC2)n1CCOC(C)=O. The number of thioether (sulfide) groups is 1. The number of nitrogens with zero attached hydrogens (tertiary/aromatic N) is 3. The molecule has 2 aliphatic heterocycles. The zero-order valence-corrected chi connectivity index (χ0v) is 16.7. The van der Waals surface area contributed by atoms with Crippen molar-refractivity contribution in [1.82, 2.24) is 9.58 Å². The molecule has 1 aromatic heterocycles. The normalized spacial score (nSPS) is 20.8. The highest BCUT2D eigenvalue weighted by Crippen LogP contribution is 2.39. The van der Waals surface area contributed by atoms with E-state index < -0.39 is 29.3 Å². The summed E-state index contributed by atoms with van der Waals surface area (Å²) in [6.07, 6.45) is 1.67. The highest BCUT2D eigenvalue weighted by atomic mass is 32.2.